The van der Waals surface area contributed by atoms with Crippen LogP contribution in [0.3, 0.4) is 0 Å². The van der Waals surface area contributed by atoms with Gasteiger partial charge in [0.2, 0.25) is 0 Å². The molecule has 0 saturated carbocycles. The zero-order valence-corrected chi connectivity index (χ0v) is 15.8. The van der Waals surface area contributed by atoms with Crippen LogP contribution in [-0.2, 0) is 6.42 Å². The first-order valence-electron chi connectivity index (χ1n) is 9.12. The number of hydrogen-bond donors (Lipinski definition) is 2. The highest BCUT2D eigenvalue weighted by atomic mass is 35.5. The summed E-state index contributed by atoms with van der Waals surface area (Å²) in [6, 6.07) is 8.02. The van der Waals surface area contributed by atoms with Crippen molar-refractivity contribution in [2.24, 2.45) is 10.9 Å². The number of benzene rings is 1. The van der Waals surface area contributed by atoms with Gasteiger partial charge in [-0.3, -0.25) is 4.99 Å². The molecule has 0 spiro atoms. The van der Waals surface area contributed by atoms with Gasteiger partial charge in [0.15, 0.2) is 5.96 Å². The minimum Gasteiger partial charge on any atom is -0.356 e. The van der Waals surface area contributed by atoms with Crippen LogP contribution >= 0.6 is 11.6 Å². The third-order valence-electron chi connectivity index (χ3n) is 4.82. The molecule has 2 N–H and O–H groups in total. The lowest BCUT2D eigenvalue weighted by Crippen LogP contribution is -2.40. The van der Waals surface area contributed by atoms with E-state index in [2.05, 4.69) is 33.5 Å². The van der Waals surface area contributed by atoms with E-state index in [0.717, 1.165) is 36.4 Å². The van der Waals surface area contributed by atoms with Gasteiger partial charge in [0.1, 0.15) is 0 Å². The van der Waals surface area contributed by atoms with Crippen LogP contribution in [0.2, 0.25) is 5.02 Å². The first-order valence-corrected chi connectivity index (χ1v) is 9.50. The standard InChI is InChI=1S/C19H31ClN4/c1-3-24-13-9-16(10-14-24)7-11-22-19(21-2)23-12-8-17-5-4-6-18(20)15-17/h4-6,15-16H,3,7-14H2,1-2H3,(H2,21,22,23). The van der Waals surface area contributed by atoms with Gasteiger partial charge >= 0.3 is 0 Å². The van der Waals surface area contributed by atoms with E-state index >= 15 is 0 Å². The van der Waals surface area contributed by atoms with E-state index in [4.69, 9.17) is 11.6 Å². The summed E-state index contributed by atoms with van der Waals surface area (Å²) in [5.74, 6) is 1.74. The second-order valence-corrected chi connectivity index (χ2v) is 6.91. The molecular formula is C19H31ClN4. The molecule has 5 heteroatoms. The lowest BCUT2D eigenvalue weighted by molar-refractivity contribution is 0.187. The zero-order chi connectivity index (χ0) is 17.2. The van der Waals surface area contributed by atoms with E-state index in [-0.39, 0.29) is 0 Å². The summed E-state index contributed by atoms with van der Waals surface area (Å²) in [7, 11) is 1.83. The molecule has 0 radical (unpaired) electrons. The fourth-order valence-corrected chi connectivity index (χ4v) is 3.44. The van der Waals surface area contributed by atoms with Crippen molar-refractivity contribution in [3.8, 4) is 0 Å². The molecule has 1 aromatic rings. The monoisotopic (exact) mass is 350 g/mol. The molecule has 1 fully saturated rings. The van der Waals surface area contributed by atoms with Crippen LogP contribution in [0.5, 0.6) is 0 Å². The summed E-state index contributed by atoms with van der Waals surface area (Å²) >= 11 is 6.01. The van der Waals surface area contributed by atoms with Crippen molar-refractivity contribution in [3.63, 3.8) is 0 Å². The highest BCUT2D eigenvalue weighted by Gasteiger charge is 2.17. The quantitative estimate of drug-likeness (QED) is 0.586. The maximum Gasteiger partial charge on any atom is 0.190 e. The molecule has 1 heterocycles. The fourth-order valence-electron chi connectivity index (χ4n) is 3.22. The first-order chi connectivity index (χ1) is 11.7. The van der Waals surface area contributed by atoms with E-state index in [1.807, 2.05) is 25.2 Å². The third kappa shape index (κ3) is 6.70. The van der Waals surface area contributed by atoms with Crippen LogP contribution in [0, 0.1) is 5.92 Å². The molecule has 24 heavy (non-hydrogen) atoms. The van der Waals surface area contributed by atoms with E-state index in [0.29, 0.717) is 0 Å². The second-order valence-electron chi connectivity index (χ2n) is 6.47. The molecule has 0 unspecified atom stereocenters. The molecule has 4 nitrogen and oxygen atoms in total. The Morgan fingerprint density at radius 3 is 2.67 bits per heavy atom. The van der Waals surface area contributed by atoms with E-state index in [1.165, 1.54) is 44.5 Å². The Morgan fingerprint density at radius 1 is 1.25 bits per heavy atom. The Kier molecular flexibility index (Phi) is 8.40. The fraction of sp³-hybridized carbons (Fsp3) is 0.632. The summed E-state index contributed by atoms with van der Waals surface area (Å²) in [5.41, 5.74) is 1.24. The lowest BCUT2D eigenvalue weighted by Gasteiger charge is -2.31. The minimum atomic E-state index is 0.795. The first kappa shape index (κ1) is 19.1. The Labute approximate surface area is 151 Å². The van der Waals surface area contributed by atoms with Crippen molar-refractivity contribution in [2.45, 2.75) is 32.6 Å². The highest BCUT2D eigenvalue weighted by molar-refractivity contribution is 6.30. The average molecular weight is 351 g/mol. The predicted molar refractivity (Wildman–Crippen MR) is 104 cm³/mol. The maximum absolute atomic E-state index is 6.01. The van der Waals surface area contributed by atoms with Crippen LogP contribution in [0.4, 0.5) is 0 Å². The smallest absolute Gasteiger partial charge is 0.190 e. The maximum atomic E-state index is 6.01. The Balaban J connectivity index is 1.60. The van der Waals surface area contributed by atoms with Gasteiger partial charge < -0.3 is 15.5 Å². The number of rotatable bonds is 7. The predicted octanol–water partition coefficient (Wildman–Crippen LogP) is 3.17. The summed E-state index contributed by atoms with van der Waals surface area (Å²) in [6.45, 7) is 7.80. The van der Waals surface area contributed by atoms with Gasteiger partial charge in [0, 0.05) is 25.2 Å². The number of likely N-dealkylation sites (tertiary alicyclic amines) is 1. The van der Waals surface area contributed by atoms with Crippen molar-refractivity contribution < 1.29 is 0 Å². The van der Waals surface area contributed by atoms with Gasteiger partial charge in [-0.15, -0.1) is 0 Å². The van der Waals surface area contributed by atoms with Gasteiger partial charge in [-0.05, 0) is 68.9 Å². The molecule has 0 amide bonds. The van der Waals surface area contributed by atoms with E-state index in [9.17, 15) is 0 Å². The molecule has 0 bridgehead atoms. The van der Waals surface area contributed by atoms with Gasteiger partial charge in [-0.1, -0.05) is 30.7 Å². The van der Waals surface area contributed by atoms with Crippen LogP contribution in [-0.4, -0.2) is 50.6 Å². The zero-order valence-electron chi connectivity index (χ0n) is 15.0. The molecule has 1 aromatic carbocycles. The van der Waals surface area contributed by atoms with E-state index in [1.54, 1.807) is 0 Å². The molecule has 1 aliphatic heterocycles. The number of nitrogens with zero attached hydrogens (tertiary/aromatic N) is 2. The van der Waals surface area contributed by atoms with Crippen molar-refractivity contribution in [2.75, 3.05) is 39.8 Å². The van der Waals surface area contributed by atoms with Gasteiger partial charge in [-0.2, -0.15) is 0 Å². The summed E-state index contributed by atoms with van der Waals surface area (Å²) < 4.78 is 0. The van der Waals surface area contributed by atoms with Crippen LogP contribution in [0.15, 0.2) is 29.3 Å². The van der Waals surface area contributed by atoms with Gasteiger partial charge in [-0.25, -0.2) is 0 Å². The topological polar surface area (TPSA) is 39.7 Å². The number of nitrogens with one attached hydrogen (secondary N) is 2. The number of guanidine groups is 1. The Hall–Kier alpha value is -1.26. The molecule has 134 valence electrons. The molecule has 0 atom stereocenters. The number of halogens is 1. The normalized spacial score (nSPS) is 17.0. The molecule has 0 aromatic heterocycles. The third-order valence-corrected chi connectivity index (χ3v) is 5.05. The molecular weight excluding hydrogens is 320 g/mol. The summed E-state index contributed by atoms with van der Waals surface area (Å²) in [6.07, 6.45) is 4.83. The van der Waals surface area contributed by atoms with Crippen molar-refractivity contribution >= 4 is 17.6 Å². The van der Waals surface area contributed by atoms with Gasteiger partial charge in [0.05, 0.1) is 0 Å². The van der Waals surface area contributed by atoms with Crippen LogP contribution in [0.25, 0.3) is 0 Å². The van der Waals surface area contributed by atoms with Crippen LogP contribution in [0.1, 0.15) is 31.7 Å². The van der Waals surface area contributed by atoms with Crippen LogP contribution < -0.4 is 10.6 Å². The highest BCUT2D eigenvalue weighted by Crippen LogP contribution is 2.19. The minimum absolute atomic E-state index is 0.795. The molecule has 2 rings (SSSR count). The number of hydrogen-bond acceptors (Lipinski definition) is 2. The molecule has 1 saturated heterocycles. The summed E-state index contributed by atoms with van der Waals surface area (Å²) in [4.78, 5) is 6.85. The average Bonchev–Trinajstić information content (AvgIpc) is 2.61. The summed E-state index contributed by atoms with van der Waals surface area (Å²) in [5, 5.41) is 7.61. The van der Waals surface area contributed by atoms with E-state index < -0.39 is 0 Å². The Bertz CT molecular complexity index is 510. The lowest BCUT2D eigenvalue weighted by atomic mass is 9.93. The van der Waals surface area contributed by atoms with Crippen molar-refractivity contribution in [1.29, 1.82) is 0 Å². The van der Waals surface area contributed by atoms with Gasteiger partial charge in [0.25, 0.3) is 0 Å². The molecule has 1 aliphatic rings. The number of piperidine rings is 1. The molecule has 0 aliphatic carbocycles. The Morgan fingerprint density at radius 2 is 2.00 bits per heavy atom. The second kappa shape index (κ2) is 10.6. The van der Waals surface area contributed by atoms with Crippen molar-refractivity contribution in [3.05, 3.63) is 34.9 Å². The SMILES string of the molecule is CCN1CCC(CCNC(=NC)NCCc2cccc(Cl)c2)CC1. The van der Waals surface area contributed by atoms with Crippen molar-refractivity contribution in [1.82, 2.24) is 15.5 Å². The largest absolute Gasteiger partial charge is 0.356 e. The number of aliphatic imine (C=N–C) groups is 1.